The van der Waals surface area contributed by atoms with Crippen molar-refractivity contribution in [2.24, 2.45) is 0 Å². The molecule has 3 aliphatic rings. The minimum atomic E-state index is -0.129. The zero-order chi connectivity index (χ0) is 23.9. The number of carbonyl (C=O) groups is 3. The summed E-state index contributed by atoms with van der Waals surface area (Å²) in [7, 11) is 0. The Balaban J connectivity index is 1.67. The lowest BCUT2D eigenvalue weighted by Crippen LogP contribution is -2.50. The Morgan fingerprint density at radius 2 is 1.71 bits per heavy atom. The molecule has 8 heteroatoms. The highest BCUT2D eigenvalue weighted by Crippen LogP contribution is 2.28. The zero-order valence-corrected chi connectivity index (χ0v) is 20.4. The molecule has 0 spiro atoms. The third kappa shape index (κ3) is 6.16. The van der Waals surface area contributed by atoms with Crippen LogP contribution in [-0.4, -0.2) is 79.5 Å². The van der Waals surface area contributed by atoms with Gasteiger partial charge in [0.1, 0.15) is 0 Å². The van der Waals surface area contributed by atoms with E-state index >= 15 is 0 Å². The molecule has 0 radical (unpaired) electrons. The third-order valence-corrected chi connectivity index (χ3v) is 7.23. The van der Waals surface area contributed by atoms with Gasteiger partial charge in [-0.25, -0.2) is 0 Å². The average molecular weight is 471 g/mol. The van der Waals surface area contributed by atoms with Crippen molar-refractivity contribution in [3.63, 3.8) is 0 Å². The van der Waals surface area contributed by atoms with Crippen LogP contribution in [0.2, 0.25) is 0 Å². The number of rotatable bonds is 2. The lowest BCUT2D eigenvalue weighted by atomic mass is 10.0. The number of piperazine rings is 1. The first kappa shape index (κ1) is 24.7. The summed E-state index contributed by atoms with van der Waals surface area (Å²) >= 11 is 0. The van der Waals surface area contributed by atoms with Crippen molar-refractivity contribution in [2.45, 2.75) is 64.5 Å². The van der Waals surface area contributed by atoms with E-state index in [1.807, 2.05) is 23.1 Å². The molecule has 8 nitrogen and oxygen atoms in total. The van der Waals surface area contributed by atoms with Crippen LogP contribution in [0.5, 0.6) is 0 Å². The van der Waals surface area contributed by atoms with E-state index in [9.17, 15) is 14.4 Å². The number of amides is 3. The van der Waals surface area contributed by atoms with E-state index in [4.69, 9.17) is 4.74 Å². The first-order valence-corrected chi connectivity index (χ1v) is 12.8. The Hall–Kier alpha value is -2.45. The summed E-state index contributed by atoms with van der Waals surface area (Å²) in [5, 5.41) is 2.77. The van der Waals surface area contributed by atoms with Crippen LogP contribution in [0, 0.1) is 0 Å². The molecule has 1 aromatic carbocycles. The molecule has 186 valence electrons. The van der Waals surface area contributed by atoms with Crippen LogP contribution in [0.25, 0.3) is 0 Å². The molecule has 3 aliphatic heterocycles. The van der Waals surface area contributed by atoms with E-state index in [1.54, 1.807) is 11.8 Å². The number of benzene rings is 1. The number of ether oxygens (including phenoxy) is 1. The van der Waals surface area contributed by atoms with Gasteiger partial charge in [-0.1, -0.05) is 19.3 Å². The molecule has 2 saturated heterocycles. The zero-order valence-electron chi connectivity index (χ0n) is 20.4. The van der Waals surface area contributed by atoms with E-state index in [2.05, 4.69) is 10.2 Å². The minimum absolute atomic E-state index is 0.0303. The van der Waals surface area contributed by atoms with Gasteiger partial charge >= 0.3 is 0 Å². The van der Waals surface area contributed by atoms with E-state index in [0.29, 0.717) is 37.8 Å². The lowest BCUT2D eigenvalue weighted by Gasteiger charge is -2.36. The van der Waals surface area contributed by atoms with Gasteiger partial charge in [0.15, 0.2) is 0 Å². The predicted molar refractivity (Wildman–Crippen MR) is 131 cm³/mol. The number of nitrogens with one attached hydrogen (secondary N) is 1. The van der Waals surface area contributed by atoms with Crippen LogP contribution in [0.3, 0.4) is 0 Å². The normalized spacial score (nSPS) is 21.7. The Morgan fingerprint density at radius 1 is 0.971 bits per heavy atom. The van der Waals surface area contributed by atoms with Gasteiger partial charge in [-0.05, 0) is 56.0 Å². The molecule has 0 bridgehead atoms. The van der Waals surface area contributed by atoms with Crippen LogP contribution in [0.15, 0.2) is 18.2 Å². The monoisotopic (exact) mass is 470 g/mol. The number of anilines is 1. The standard InChI is InChI=1S/C26H38N4O4/c1-20(31)30-13-6-4-2-3-5-12-28(23-9-15-34-16-10-23)18-22-17-21(7-8-24(22)30)26(33)29-14-11-27-25(32)19-29/h7-8,17,23H,2-6,9-16,18-19H2,1H3,(H,27,32). The van der Waals surface area contributed by atoms with Crippen molar-refractivity contribution in [1.29, 1.82) is 0 Å². The van der Waals surface area contributed by atoms with Gasteiger partial charge < -0.3 is 19.9 Å². The number of fused-ring (bicyclic) bond motifs is 1. The Kier molecular flexibility index (Phi) is 8.56. The van der Waals surface area contributed by atoms with Gasteiger partial charge in [0, 0.05) is 63.6 Å². The third-order valence-electron chi connectivity index (χ3n) is 7.23. The summed E-state index contributed by atoms with van der Waals surface area (Å²) < 4.78 is 5.61. The maximum absolute atomic E-state index is 13.2. The van der Waals surface area contributed by atoms with E-state index in [0.717, 1.165) is 63.1 Å². The van der Waals surface area contributed by atoms with E-state index in [-0.39, 0.29) is 24.3 Å². The fraction of sp³-hybridized carbons (Fsp3) is 0.654. The Labute approximate surface area is 202 Å². The molecule has 3 heterocycles. The summed E-state index contributed by atoms with van der Waals surface area (Å²) in [5.41, 5.74) is 2.49. The summed E-state index contributed by atoms with van der Waals surface area (Å²) in [5.74, 6) is -0.224. The van der Waals surface area contributed by atoms with Crippen molar-refractivity contribution >= 4 is 23.4 Å². The molecular formula is C26H38N4O4. The molecule has 2 fully saturated rings. The van der Waals surface area contributed by atoms with Gasteiger partial charge in [-0.2, -0.15) is 0 Å². The van der Waals surface area contributed by atoms with Crippen molar-refractivity contribution in [2.75, 3.05) is 50.8 Å². The van der Waals surface area contributed by atoms with Gasteiger partial charge in [0.25, 0.3) is 5.91 Å². The van der Waals surface area contributed by atoms with Crippen LogP contribution in [0.4, 0.5) is 5.69 Å². The maximum Gasteiger partial charge on any atom is 0.254 e. The van der Waals surface area contributed by atoms with Crippen molar-refractivity contribution in [3.05, 3.63) is 29.3 Å². The molecular weight excluding hydrogens is 432 g/mol. The number of hydrogen-bond acceptors (Lipinski definition) is 5. The highest BCUT2D eigenvalue weighted by molar-refractivity contribution is 5.98. The van der Waals surface area contributed by atoms with Crippen molar-refractivity contribution in [1.82, 2.24) is 15.1 Å². The number of hydrogen-bond donors (Lipinski definition) is 1. The van der Waals surface area contributed by atoms with Crippen LogP contribution >= 0.6 is 0 Å². The number of carbonyl (C=O) groups excluding carboxylic acids is 3. The van der Waals surface area contributed by atoms with Crippen LogP contribution in [-0.2, 0) is 20.9 Å². The molecule has 1 N–H and O–H groups in total. The largest absolute Gasteiger partial charge is 0.381 e. The fourth-order valence-corrected chi connectivity index (χ4v) is 5.33. The predicted octanol–water partition coefficient (Wildman–Crippen LogP) is 2.56. The SMILES string of the molecule is CC(=O)N1CCCCCCCN(C2CCOCC2)Cc2cc(C(=O)N3CCNC(=O)C3)ccc21. The van der Waals surface area contributed by atoms with Crippen molar-refractivity contribution in [3.8, 4) is 0 Å². The summed E-state index contributed by atoms with van der Waals surface area (Å²) in [4.78, 5) is 43.7. The minimum Gasteiger partial charge on any atom is -0.381 e. The highest BCUT2D eigenvalue weighted by atomic mass is 16.5. The quantitative estimate of drug-likeness (QED) is 0.719. The second-order valence-corrected chi connectivity index (χ2v) is 9.67. The van der Waals surface area contributed by atoms with Gasteiger partial charge in [-0.3, -0.25) is 19.3 Å². The summed E-state index contributed by atoms with van der Waals surface area (Å²) in [6.07, 6.45) is 7.65. The molecule has 4 rings (SSSR count). The molecule has 0 saturated carbocycles. The summed E-state index contributed by atoms with van der Waals surface area (Å²) in [6.45, 7) is 6.66. The maximum atomic E-state index is 13.2. The lowest BCUT2D eigenvalue weighted by molar-refractivity contribution is -0.123. The van der Waals surface area contributed by atoms with E-state index in [1.165, 1.54) is 12.8 Å². The average Bonchev–Trinajstić information content (AvgIpc) is 2.84. The molecule has 0 atom stereocenters. The van der Waals surface area contributed by atoms with Gasteiger partial charge in [0.05, 0.1) is 6.54 Å². The second kappa shape index (κ2) is 11.8. The Bertz CT molecular complexity index is 884. The van der Waals surface area contributed by atoms with Gasteiger partial charge in [-0.15, -0.1) is 0 Å². The highest BCUT2D eigenvalue weighted by Gasteiger charge is 2.27. The van der Waals surface area contributed by atoms with Crippen molar-refractivity contribution < 1.29 is 19.1 Å². The molecule has 1 aromatic rings. The smallest absolute Gasteiger partial charge is 0.254 e. The van der Waals surface area contributed by atoms with Gasteiger partial charge in [0.2, 0.25) is 11.8 Å². The molecule has 0 aliphatic carbocycles. The number of nitrogens with zero attached hydrogens (tertiary/aromatic N) is 3. The topological polar surface area (TPSA) is 82.2 Å². The first-order chi connectivity index (χ1) is 16.5. The molecule has 3 amide bonds. The summed E-state index contributed by atoms with van der Waals surface area (Å²) in [6, 6.07) is 6.15. The second-order valence-electron chi connectivity index (χ2n) is 9.67. The van der Waals surface area contributed by atoms with Crippen LogP contribution < -0.4 is 10.2 Å². The molecule has 34 heavy (non-hydrogen) atoms. The van der Waals surface area contributed by atoms with Crippen LogP contribution in [0.1, 0.15) is 67.8 Å². The molecule has 0 unspecified atom stereocenters. The first-order valence-electron chi connectivity index (χ1n) is 12.8. The molecule has 0 aromatic heterocycles. The fourth-order valence-electron chi connectivity index (χ4n) is 5.33. The van der Waals surface area contributed by atoms with E-state index < -0.39 is 0 Å². The Morgan fingerprint density at radius 3 is 2.44 bits per heavy atom.